The molecule has 1 rings (SSSR count). The van der Waals surface area contributed by atoms with Gasteiger partial charge >= 0.3 is 0 Å². The van der Waals surface area contributed by atoms with Gasteiger partial charge in [-0.05, 0) is 19.9 Å². The van der Waals surface area contributed by atoms with Crippen LogP contribution in [-0.2, 0) is 9.47 Å². The summed E-state index contributed by atoms with van der Waals surface area (Å²) in [6.07, 6.45) is -0.262. The van der Waals surface area contributed by atoms with Gasteiger partial charge in [0, 0.05) is 25.8 Å². The van der Waals surface area contributed by atoms with Gasteiger partial charge in [-0.15, -0.1) is 0 Å². The van der Waals surface area contributed by atoms with Crippen molar-refractivity contribution in [2.75, 3.05) is 21.3 Å². The van der Waals surface area contributed by atoms with Crippen molar-refractivity contribution >= 4 is 0 Å². The van der Waals surface area contributed by atoms with Crippen molar-refractivity contribution in [2.45, 2.75) is 32.2 Å². The normalized spacial score (nSPS) is 14.6. The van der Waals surface area contributed by atoms with Crippen molar-refractivity contribution in [2.24, 2.45) is 0 Å². The highest BCUT2D eigenvalue weighted by Gasteiger charge is 2.19. The number of benzene rings is 1. The highest BCUT2D eigenvalue weighted by Crippen LogP contribution is 2.24. The third-order valence-electron chi connectivity index (χ3n) is 2.99. The van der Waals surface area contributed by atoms with Crippen LogP contribution >= 0.6 is 0 Å². The summed E-state index contributed by atoms with van der Waals surface area (Å²) < 4.78 is 15.8. The van der Waals surface area contributed by atoms with E-state index in [1.807, 2.05) is 25.1 Å². The maximum atomic E-state index is 5.36. The monoisotopic (exact) mass is 253 g/mol. The molecule has 4 heteroatoms. The van der Waals surface area contributed by atoms with E-state index in [1.165, 1.54) is 0 Å². The summed E-state index contributed by atoms with van der Waals surface area (Å²) in [5.74, 6) is 0.885. The lowest BCUT2D eigenvalue weighted by Crippen LogP contribution is -2.40. The molecule has 0 heterocycles. The van der Waals surface area contributed by atoms with Crippen molar-refractivity contribution < 1.29 is 14.2 Å². The summed E-state index contributed by atoms with van der Waals surface area (Å²) >= 11 is 0. The molecular formula is C14H23NO3. The summed E-state index contributed by atoms with van der Waals surface area (Å²) in [4.78, 5) is 0. The first-order valence-corrected chi connectivity index (χ1v) is 6.08. The Kier molecular flexibility index (Phi) is 6.12. The molecular weight excluding hydrogens is 230 g/mol. The smallest absolute Gasteiger partial charge is 0.171 e. The maximum Gasteiger partial charge on any atom is 0.171 e. The van der Waals surface area contributed by atoms with Gasteiger partial charge in [0.2, 0.25) is 0 Å². The predicted octanol–water partition coefficient (Wildman–Crippen LogP) is 2.35. The summed E-state index contributed by atoms with van der Waals surface area (Å²) in [5, 5.41) is 3.44. The molecule has 2 atom stereocenters. The molecule has 0 bridgehead atoms. The van der Waals surface area contributed by atoms with Gasteiger partial charge in [0.15, 0.2) is 6.29 Å². The van der Waals surface area contributed by atoms with Gasteiger partial charge in [-0.3, -0.25) is 0 Å². The minimum atomic E-state index is -0.262. The maximum absolute atomic E-state index is 5.36. The zero-order chi connectivity index (χ0) is 13.5. The Labute approximate surface area is 109 Å². The fraction of sp³-hybridized carbons (Fsp3) is 0.571. The highest BCUT2D eigenvalue weighted by molar-refractivity contribution is 5.35. The van der Waals surface area contributed by atoms with E-state index in [-0.39, 0.29) is 18.4 Å². The zero-order valence-electron chi connectivity index (χ0n) is 11.8. The summed E-state index contributed by atoms with van der Waals surface area (Å²) in [7, 11) is 4.96. The molecule has 0 aliphatic rings. The lowest BCUT2D eigenvalue weighted by atomic mass is 10.1. The van der Waals surface area contributed by atoms with Crippen LogP contribution in [0.1, 0.15) is 25.5 Å². The van der Waals surface area contributed by atoms with E-state index in [2.05, 4.69) is 18.3 Å². The van der Waals surface area contributed by atoms with E-state index in [1.54, 1.807) is 21.3 Å². The molecule has 0 saturated heterocycles. The van der Waals surface area contributed by atoms with Crippen LogP contribution in [0, 0.1) is 0 Å². The molecule has 1 aromatic rings. The molecule has 0 aliphatic carbocycles. The summed E-state index contributed by atoms with van der Waals surface area (Å²) in [6, 6.07) is 8.22. The number of nitrogens with one attached hydrogen (secondary N) is 1. The number of methoxy groups -OCH3 is 3. The van der Waals surface area contributed by atoms with Crippen LogP contribution in [0.3, 0.4) is 0 Å². The molecule has 0 aromatic heterocycles. The van der Waals surface area contributed by atoms with Gasteiger partial charge in [0.05, 0.1) is 13.2 Å². The molecule has 0 spiro atoms. The minimum absolute atomic E-state index is 0.0833. The molecule has 18 heavy (non-hydrogen) atoms. The minimum Gasteiger partial charge on any atom is -0.496 e. The fourth-order valence-corrected chi connectivity index (χ4v) is 2.09. The first-order chi connectivity index (χ1) is 8.63. The summed E-state index contributed by atoms with van der Waals surface area (Å²) in [6.45, 7) is 4.13. The van der Waals surface area contributed by atoms with Gasteiger partial charge in [-0.25, -0.2) is 0 Å². The molecule has 0 amide bonds. The first kappa shape index (κ1) is 15.0. The number of para-hydroxylation sites is 1. The standard InChI is InChI=1S/C14H23NO3/c1-10(15-11(2)14(17-4)18-5)12-8-6-7-9-13(12)16-3/h6-11,14-15H,1-5H3. The van der Waals surface area contributed by atoms with Crippen LogP contribution in [-0.4, -0.2) is 33.7 Å². The van der Waals surface area contributed by atoms with E-state index >= 15 is 0 Å². The van der Waals surface area contributed by atoms with Crippen molar-refractivity contribution in [3.63, 3.8) is 0 Å². The van der Waals surface area contributed by atoms with Crippen molar-refractivity contribution in [1.82, 2.24) is 5.32 Å². The molecule has 0 radical (unpaired) electrons. The van der Waals surface area contributed by atoms with Crippen LogP contribution in [0.25, 0.3) is 0 Å². The Bertz CT molecular complexity index is 353. The number of hydrogen-bond acceptors (Lipinski definition) is 4. The molecule has 2 unspecified atom stereocenters. The van der Waals surface area contributed by atoms with E-state index < -0.39 is 0 Å². The van der Waals surface area contributed by atoms with Crippen LogP contribution in [0.15, 0.2) is 24.3 Å². The zero-order valence-corrected chi connectivity index (χ0v) is 11.8. The van der Waals surface area contributed by atoms with Gasteiger partial charge in [0.25, 0.3) is 0 Å². The predicted molar refractivity (Wildman–Crippen MR) is 71.8 cm³/mol. The molecule has 0 saturated carbocycles. The molecule has 0 fully saturated rings. The van der Waals surface area contributed by atoms with Crippen molar-refractivity contribution in [3.8, 4) is 5.75 Å². The van der Waals surface area contributed by atoms with Gasteiger partial charge in [-0.1, -0.05) is 18.2 Å². The van der Waals surface area contributed by atoms with E-state index in [0.29, 0.717) is 0 Å². The first-order valence-electron chi connectivity index (χ1n) is 6.08. The quantitative estimate of drug-likeness (QED) is 0.757. The third-order valence-corrected chi connectivity index (χ3v) is 2.99. The second-order valence-electron chi connectivity index (χ2n) is 4.26. The highest BCUT2D eigenvalue weighted by atomic mass is 16.7. The van der Waals surface area contributed by atoms with Crippen molar-refractivity contribution in [3.05, 3.63) is 29.8 Å². The van der Waals surface area contributed by atoms with Gasteiger partial charge in [-0.2, -0.15) is 0 Å². The molecule has 1 aromatic carbocycles. The second kappa shape index (κ2) is 7.36. The lowest BCUT2D eigenvalue weighted by Gasteiger charge is -2.26. The Morgan fingerprint density at radius 1 is 1.00 bits per heavy atom. The molecule has 0 aliphatic heterocycles. The number of rotatable bonds is 7. The largest absolute Gasteiger partial charge is 0.496 e. The van der Waals surface area contributed by atoms with Crippen LogP contribution in [0.5, 0.6) is 5.75 Å². The third kappa shape index (κ3) is 3.70. The topological polar surface area (TPSA) is 39.7 Å². The Balaban J connectivity index is 2.72. The van der Waals surface area contributed by atoms with Gasteiger partial charge in [0.1, 0.15) is 5.75 Å². The van der Waals surface area contributed by atoms with E-state index in [4.69, 9.17) is 14.2 Å². The molecule has 1 N–H and O–H groups in total. The van der Waals surface area contributed by atoms with Crippen LogP contribution in [0.2, 0.25) is 0 Å². The van der Waals surface area contributed by atoms with Crippen LogP contribution in [0.4, 0.5) is 0 Å². The summed E-state index contributed by atoms with van der Waals surface area (Å²) in [5.41, 5.74) is 1.12. The molecule has 4 nitrogen and oxygen atoms in total. The van der Waals surface area contributed by atoms with Crippen LogP contribution < -0.4 is 10.1 Å². The fourth-order valence-electron chi connectivity index (χ4n) is 2.09. The Morgan fingerprint density at radius 2 is 1.61 bits per heavy atom. The number of ether oxygens (including phenoxy) is 3. The van der Waals surface area contributed by atoms with Gasteiger partial charge < -0.3 is 19.5 Å². The average molecular weight is 253 g/mol. The Hall–Kier alpha value is -1.10. The number of hydrogen-bond donors (Lipinski definition) is 1. The van der Waals surface area contributed by atoms with Crippen molar-refractivity contribution in [1.29, 1.82) is 0 Å². The Morgan fingerprint density at radius 3 is 2.17 bits per heavy atom. The van der Waals surface area contributed by atoms with E-state index in [0.717, 1.165) is 11.3 Å². The molecule has 102 valence electrons. The average Bonchev–Trinajstić information content (AvgIpc) is 2.40. The SMILES string of the molecule is COc1ccccc1C(C)NC(C)C(OC)OC. The lowest BCUT2D eigenvalue weighted by molar-refractivity contribution is -0.120. The van der Waals surface area contributed by atoms with E-state index in [9.17, 15) is 0 Å². The second-order valence-corrected chi connectivity index (χ2v) is 4.26.